The molecule has 7 heteroatoms. The number of esters is 1. The highest BCUT2D eigenvalue weighted by molar-refractivity contribution is 5.88. The van der Waals surface area contributed by atoms with E-state index < -0.39 is 29.6 Å². The van der Waals surface area contributed by atoms with Crippen LogP contribution in [-0.4, -0.2) is 42.8 Å². The highest BCUT2D eigenvalue weighted by Crippen LogP contribution is 2.11. The molecule has 0 aromatic carbocycles. The highest BCUT2D eigenvalue weighted by Gasteiger charge is 2.28. The molecule has 0 aromatic heterocycles. The summed E-state index contributed by atoms with van der Waals surface area (Å²) in [6.07, 6.45) is 0.0249. The first kappa shape index (κ1) is 20.2. The molecule has 22 heavy (non-hydrogen) atoms. The molecular formula is C15H28N2O5. The summed E-state index contributed by atoms with van der Waals surface area (Å²) in [7, 11) is 0. The Bertz CT molecular complexity index is 390. The summed E-state index contributed by atoms with van der Waals surface area (Å²) in [5.74, 6) is -1.06. The quantitative estimate of drug-likeness (QED) is 0.696. The normalized spacial score (nSPS) is 13.7. The van der Waals surface area contributed by atoms with E-state index in [-0.39, 0.29) is 19.1 Å². The molecule has 128 valence electrons. The van der Waals surface area contributed by atoms with Crippen LogP contribution in [0.15, 0.2) is 0 Å². The maximum Gasteiger partial charge on any atom is 0.408 e. The molecule has 0 saturated carbocycles. The lowest BCUT2D eigenvalue weighted by Gasteiger charge is -2.26. The van der Waals surface area contributed by atoms with E-state index in [9.17, 15) is 14.4 Å². The summed E-state index contributed by atoms with van der Waals surface area (Å²) in [5.41, 5.74) is -0.647. The molecule has 0 aromatic rings. The zero-order valence-corrected chi connectivity index (χ0v) is 14.3. The van der Waals surface area contributed by atoms with E-state index in [1.807, 2.05) is 13.8 Å². The SMILES string of the molecule is CCOC(=O)CNC(=O)[C@@H](NC(=O)OC(C)(C)C)[C@@H](C)CC. The first-order valence-corrected chi connectivity index (χ1v) is 7.53. The van der Waals surface area contributed by atoms with E-state index in [4.69, 9.17) is 9.47 Å². The summed E-state index contributed by atoms with van der Waals surface area (Å²) < 4.78 is 9.90. The summed E-state index contributed by atoms with van der Waals surface area (Å²) >= 11 is 0. The number of ether oxygens (including phenoxy) is 2. The Morgan fingerprint density at radius 3 is 2.18 bits per heavy atom. The molecule has 0 fully saturated rings. The second-order valence-electron chi connectivity index (χ2n) is 6.03. The molecule has 0 unspecified atom stereocenters. The Balaban J connectivity index is 4.66. The summed E-state index contributed by atoms with van der Waals surface area (Å²) in [4.78, 5) is 35.3. The van der Waals surface area contributed by atoms with Gasteiger partial charge in [-0.3, -0.25) is 9.59 Å². The van der Waals surface area contributed by atoms with Crippen LogP contribution in [0, 0.1) is 5.92 Å². The maximum absolute atomic E-state index is 12.2. The maximum atomic E-state index is 12.2. The van der Waals surface area contributed by atoms with Crippen molar-refractivity contribution >= 4 is 18.0 Å². The molecule has 0 heterocycles. The lowest BCUT2D eigenvalue weighted by Crippen LogP contribution is -2.52. The van der Waals surface area contributed by atoms with Crippen LogP contribution >= 0.6 is 0 Å². The van der Waals surface area contributed by atoms with Crippen molar-refractivity contribution in [2.75, 3.05) is 13.2 Å². The first-order chi connectivity index (χ1) is 10.1. The van der Waals surface area contributed by atoms with E-state index in [1.165, 1.54) is 0 Å². The Labute approximate surface area is 132 Å². The van der Waals surface area contributed by atoms with Gasteiger partial charge in [0.15, 0.2) is 0 Å². The van der Waals surface area contributed by atoms with Crippen LogP contribution < -0.4 is 10.6 Å². The number of hydrogen-bond acceptors (Lipinski definition) is 5. The summed E-state index contributed by atoms with van der Waals surface area (Å²) in [6.45, 7) is 10.7. The van der Waals surface area contributed by atoms with Crippen LogP contribution in [0.2, 0.25) is 0 Å². The molecule has 0 saturated heterocycles. The molecule has 0 aliphatic rings. The fraction of sp³-hybridized carbons (Fsp3) is 0.800. The molecule has 0 aliphatic heterocycles. The number of nitrogens with one attached hydrogen (secondary N) is 2. The Kier molecular flexibility index (Phi) is 8.52. The average molecular weight is 316 g/mol. The molecule has 0 aliphatic carbocycles. The van der Waals surface area contributed by atoms with Gasteiger partial charge in [-0.1, -0.05) is 20.3 Å². The van der Waals surface area contributed by atoms with Gasteiger partial charge in [-0.15, -0.1) is 0 Å². The third-order valence-electron chi connectivity index (χ3n) is 2.88. The van der Waals surface area contributed by atoms with Crippen LogP contribution in [-0.2, 0) is 19.1 Å². The minimum absolute atomic E-state index is 0.102. The molecule has 0 rings (SSSR count). The van der Waals surface area contributed by atoms with Gasteiger partial charge in [-0.2, -0.15) is 0 Å². The number of alkyl carbamates (subject to hydrolysis) is 1. The Morgan fingerprint density at radius 2 is 1.73 bits per heavy atom. The van der Waals surface area contributed by atoms with E-state index in [1.54, 1.807) is 27.7 Å². The standard InChI is InChI=1S/C15H28N2O5/c1-7-10(3)12(17-14(20)22-15(4,5)6)13(19)16-9-11(18)21-8-2/h10,12H,7-9H2,1-6H3,(H,16,19)(H,17,20)/t10-,12-/m0/s1. The predicted molar refractivity (Wildman–Crippen MR) is 82.3 cm³/mol. The average Bonchev–Trinajstić information content (AvgIpc) is 2.39. The first-order valence-electron chi connectivity index (χ1n) is 7.53. The molecule has 0 bridgehead atoms. The highest BCUT2D eigenvalue weighted by atomic mass is 16.6. The predicted octanol–water partition coefficient (Wildman–Crippen LogP) is 1.61. The van der Waals surface area contributed by atoms with E-state index in [0.29, 0.717) is 6.42 Å². The van der Waals surface area contributed by atoms with Crippen LogP contribution in [0.4, 0.5) is 4.79 Å². The van der Waals surface area contributed by atoms with E-state index in [0.717, 1.165) is 0 Å². The van der Waals surface area contributed by atoms with Crippen molar-refractivity contribution in [3.63, 3.8) is 0 Å². The van der Waals surface area contributed by atoms with Gasteiger partial charge in [0.25, 0.3) is 0 Å². The van der Waals surface area contributed by atoms with Crippen LogP contribution in [0.5, 0.6) is 0 Å². The minimum Gasteiger partial charge on any atom is -0.465 e. The molecule has 2 N–H and O–H groups in total. The third-order valence-corrected chi connectivity index (χ3v) is 2.88. The number of rotatable bonds is 7. The van der Waals surface area contributed by atoms with Crippen molar-refractivity contribution in [3.8, 4) is 0 Å². The summed E-state index contributed by atoms with van der Waals surface area (Å²) in [5, 5.41) is 5.02. The van der Waals surface area contributed by atoms with Crippen molar-refractivity contribution in [3.05, 3.63) is 0 Å². The number of carbonyl (C=O) groups is 3. The summed E-state index contributed by atoms with van der Waals surface area (Å²) in [6, 6.07) is -0.769. The fourth-order valence-electron chi connectivity index (χ4n) is 1.62. The van der Waals surface area contributed by atoms with Gasteiger partial charge in [0.1, 0.15) is 18.2 Å². The van der Waals surface area contributed by atoms with Gasteiger partial charge < -0.3 is 20.1 Å². The van der Waals surface area contributed by atoms with Gasteiger partial charge in [-0.05, 0) is 33.6 Å². The molecular weight excluding hydrogens is 288 g/mol. The van der Waals surface area contributed by atoms with Crippen molar-refractivity contribution in [2.45, 2.75) is 59.6 Å². The van der Waals surface area contributed by atoms with E-state index >= 15 is 0 Å². The molecule has 2 amide bonds. The second-order valence-corrected chi connectivity index (χ2v) is 6.03. The lowest BCUT2D eigenvalue weighted by molar-refractivity contribution is -0.143. The Morgan fingerprint density at radius 1 is 1.14 bits per heavy atom. The van der Waals surface area contributed by atoms with Crippen LogP contribution in [0.3, 0.4) is 0 Å². The molecule has 0 radical (unpaired) electrons. The third kappa shape index (κ3) is 8.49. The van der Waals surface area contributed by atoms with Crippen molar-refractivity contribution in [1.82, 2.24) is 10.6 Å². The second kappa shape index (κ2) is 9.27. The van der Waals surface area contributed by atoms with Crippen LogP contribution in [0.1, 0.15) is 48.0 Å². The zero-order valence-electron chi connectivity index (χ0n) is 14.3. The molecule has 7 nitrogen and oxygen atoms in total. The molecule has 2 atom stereocenters. The van der Waals surface area contributed by atoms with Crippen molar-refractivity contribution in [2.24, 2.45) is 5.92 Å². The molecule has 0 spiro atoms. The van der Waals surface area contributed by atoms with Crippen molar-refractivity contribution in [1.29, 1.82) is 0 Å². The van der Waals surface area contributed by atoms with Gasteiger partial charge in [-0.25, -0.2) is 4.79 Å². The van der Waals surface area contributed by atoms with Gasteiger partial charge >= 0.3 is 12.1 Å². The number of hydrogen-bond donors (Lipinski definition) is 2. The number of amides is 2. The van der Waals surface area contributed by atoms with Gasteiger partial charge in [0.05, 0.1) is 6.61 Å². The zero-order chi connectivity index (χ0) is 17.3. The minimum atomic E-state index is -0.769. The van der Waals surface area contributed by atoms with Crippen LogP contribution in [0.25, 0.3) is 0 Å². The van der Waals surface area contributed by atoms with Gasteiger partial charge in [0, 0.05) is 0 Å². The number of carbonyl (C=O) groups excluding carboxylic acids is 3. The monoisotopic (exact) mass is 316 g/mol. The smallest absolute Gasteiger partial charge is 0.408 e. The largest absolute Gasteiger partial charge is 0.465 e. The van der Waals surface area contributed by atoms with Crippen molar-refractivity contribution < 1.29 is 23.9 Å². The van der Waals surface area contributed by atoms with E-state index in [2.05, 4.69) is 10.6 Å². The van der Waals surface area contributed by atoms with Gasteiger partial charge in [0.2, 0.25) is 5.91 Å². The Hall–Kier alpha value is -1.79. The fourth-order valence-corrected chi connectivity index (χ4v) is 1.62. The topological polar surface area (TPSA) is 93.7 Å². The lowest BCUT2D eigenvalue weighted by atomic mass is 9.98.